The molecule has 2 atom stereocenters. The zero-order valence-electron chi connectivity index (χ0n) is 13.2. The van der Waals surface area contributed by atoms with Gasteiger partial charge in [-0.2, -0.15) is 5.26 Å². The van der Waals surface area contributed by atoms with Crippen molar-refractivity contribution in [2.24, 2.45) is 11.8 Å². The second-order valence-electron chi connectivity index (χ2n) is 6.22. The fourth-order valence-electron chi connectivity index (χ4n) is 3.58. The molecule has 2 nitrogen and oxygen atoms in total. The summed E-state index contributed by atoms with van der Waals surface area (Å²) in [6.07, 6.45) is 10.9. The van der Waals surface area contributed by atoms with E-state index >= 15 is 0 Å². The molecule has 2 unspecified atom stereocenters. The first kappa shape index (κ1) is 15.9. The second kappa shape index (κ2) is 8.72. The van der Waals surface area contributed by atoms with Gasteiger partial charge in [-0.1, -0.05) is 45.4 Å². The van der Waals surface area contributed by atoms with Gasteiger partial charge in [-0.05, 0) is 48.9 Å². The van der Waals surface area contributed by atoms with Crippen LogP contribution in [0.5, 0.6) is 5.75 Å². The summed E-state index contributed by atoms with van der Waals surface area (Å²) in [7, 11) is 0. The molecule has 2 heteroatoms. The first-order chi connectivity index (χ1) is 10.3. The van der Waals surface area contributed by atoms with E-state index in [2.05, 4.69) is 13.0 Å². The van der Waals surface area contributed by atoms with Gasteiger partial charge < -0.3 is 4.74 Å². The summed E-state index contributed by atoms with van der Waals surface area (Å²) in [4.78, 5) is 0. The molecule has 0 saturated heterocycles. The van der Waals surface area contributed by atoms with Gasteiger partial charge in [-0.25, -0.2) is 0 Å². The smallest absolute Gasteiger partial charge is 0.119 e. The molecule has 1 aromatic carbocycles. The molecule has 0 aromatic heterocycles. The SMILES string of the molecule is CCCC1CCCCC1CCCOc1ccc(C#N)cc1. The standard InChI is InChI=1S/C19H27NO/c1-2-6-17-7-3-4-8-18(17)9-5-14-21-19-12-10-16(15-20)11-13-19/h10-13,17-18H,2-9,14H2,1H3. The van der Waals surface area contributed by atoms with E-state index in [-0.39, 0.29) is 0 Å². The van der Waals surface area contributed by atoms with E-state index in [1.54, 1.807) is 0 Å². The third-order valence-electron chi connectivity index (χ3n) is 4.70. The summed E-state index contributed by atoms with van der Waals surface area (Å²) in [6, 6.07) is 9.53. The van der Waals surface area contributed by atoms with Crippen molar-refractivity contribution in [1.29, 1.82) is 5.26 Å². The van der Waals surface area contributed by atoms with Gasteiger partial charge in [0, 0.05) is 0 Å². The van der Waals surface area contributed by atoms with Crippen LogP contribution in [0.1, 0.15) is 63.9 Å². The largest absolute Gasteiger partial charge is 0.494 e. The molecule has 0 heterocycles. The van der Waals surface area contributed by atoms with E-state index < -0.39 is 0 Å². The topological polar surface area (TPSA) is 33.0 Å². The van der Waals surface area contributed by atoms with Crippen molar-refractivity contribution < 1.29 is 4.74 Å². The Morgan fingerprint density at radius 2 is 1.76 bits per heavy atom. The number of benzene rings is 1. The lowest BCUT2D eigenvalue weighted by Gasteiger charge is -2.31. The maximum Gasteiger partial charge on any atom is 0.119 e. The number of ether oxygens (including phenoxy) is 1. The third-order valence-corrected chi connectivity index (χ3v) is 4.70. The van der Waals surface area contributed by atoms with E-state index in [1.165, 1.54) is 44.9 Å². The zero-order chi connectivity index (χ0) is 14.9. The van der Waals surface area contributed by atoms with Crippen LogP contribution in [-0.2, 0) is 0 Å². The average molecular weight is 285 g/mol. The average Bonchev–Trinajstić information content (AvgIpc) is 2.54. The minimum atomic E-state index is 0.687. The minimum Gasteiger partial charge on any atom is -0.494 e. The van der Waals surface area contributed by atoms with E-state index in [1.807, 2.05) is 24.3 Å². The first-order valence-corrected chi connectivity index (χ1v) is 8.46. The Bertz CT molecular complexity index is 444. The minimum absolute atomic E-state index is 0.687. The van der Waals surface area contributed by atoms with Gasteiger partial charge in [0.05, 0.1) is 18.2 Å². The van der Waals surface area contributed by atoms with E-state index in [9.17, 15) is 0 Å². The highest BCUT2D eigenvalue weighted by Crippen LogP contribution is 2.35. The Balaban J connectivity index is 1.69. The van der Waals surface area contributed by atoms with Crippen molar-refractivity contribution in [3.8, 4) is 11.8 Å². The molecule has 0 bridgehead atoms. The molecular weight excluding hydrogens is 258 g/mol. The molecule has 1 fully saturated rings. The summed E-state index contributed by atoms with van der Waals surface area (Å²) < 4.78 is 5.78. The van der Waals surface area contributed by atoms with Gasteiger partial charge in [0.15, 0.2) is 0 Å². The van der Waals surface area contributed by atoms with Gasteiger partial charge in [-0.15, -0.1) is 0 Å². The van der Waals surface area contributed by atoms with Crippen LogP contribution in [0.4, 0.5) is 0 Å². The van der Waals surface area contributed by atoms with E-state index in [0.717, 1.165) is 30.6 Å². The lowest BCUT2D eigenvalue weighted by molar-refractivity contribution is 0.193. The Hall–Kier alpha value is -1.49. The fraction of sp³-hybridized carbons (Fsp3) is 0.632. The molecule has 21 heavy (non-hydrogen) atoms. The predicted octanol–water partition coefficient (Wildman–Crippen LogP) is 5.32. The van der Waals surface area contributed by atoms with Crippen LogP contribution in [0.3, 0.4) is 0 Å². The molecule has 1 aromatic rings. The number of nitriles is 1. The molecule has 0 N–H and O–H groups in total. The van der Waals surface area contributed by atoms with Gasteiger partial charge in [0.2, 0.25) is 0 Å². The number of hydrogen-bond acceptors (Lipinski definition) is 2. The van der Waals surface area contributed by atoms with Gasteiger partial charge in [0.25, 0.3) is 0 Å². The van der Waals surface area contributed by atoms with Crippen LogP contribution >= 0.6 is 0 Å². The van der Waals surface area contributed by atoms with Crippen molar-refractivity contribution in [3.05, 3.63) is 29.8 Å². The van der Waals surface area contributed by atoms with Gasteiger partial charge >= 0.3 is 0 Å². The van der Waals surface area contributed by atoms with Crippen LogP contribution in [0.2, 0.25) is 0 Å². The van der Waals surface area contributed by atoms with Crippen molar-refractivity contribution in [1.82, 2.24) is 0 Å². The summed E-state index contributed by atoms with van der Waals surface area (Å²) >= 11 is 0. The van der Waals surface area contributed by atoms with Crippen molar-refractivity contribution in [2.45, 2.75) is 58.3 Å². The van der Waals surface area contributed by atoms with Crippen LogP contribution in [0, 0.1) is 23.2 Å². The maximum absolute atomic E-state index is 8.76. The fourth-order valence-corrected chi connectivity index (χ4v) is 3.58. The molecule has 0 radical (unpaired) electrons. The van der Waals surface area contributed by atoms with Gasteiger partial charge in [0.1, 0.15) is 5.75 Å². The van der Waals surface area contributed by atoms with E-state index in [0.29, 0.717) is 5.56 Å². The molecule has 0 aliphatic heterocycles. The lowest BCUT2D eigenvalue weighted by atomic mass is 9.75. The predicted molar refractivity (Wildman–Crippen MR) is 86.2 cm³/mol. The van der Waals surface area contributed by atoms with Gasteiger partial charge in [-0.3, -0.25) is 0 Å². The zero-order valence-corrected chi connectivity index (χ0v) is 13.2. The Labute approximate surface area is 129 Å². The van der Waals surface area contributed by atoms with Crippen LogP contribution in [-0.4, -0.2) is 6.61 Å². The molecular formula is C19H27NO. The van der Waals surface area contributed by atoms with Crippen molar-refractivity contribution in [2.75, 3.05) is 6.61 Å². The first-order valence-electron chi connectivity index (χ1n) is 8.46. The number of nitrogens with zero attached hydrogens (tertiary/aromatic N) is 1. The highest BCUT2D eigenvalue weighted by atomic mass is 16.5. The Kier molecular flexibility index (Phi) is 6.60. The molecule has 0 amide bonds. The Morgan fingerprint density at radius 3 is 2.38 bits per heavy atom. The quantitative estimate of drug-likeness (QED) is 0.635. The molecule has 1 saturated carbocycles. The normalized spacial score (nSPS) is 21.7. The van der Waals surface area contributed by atoms with E-state index in [4.69, 9.17) is 10.00 Å². The molecule has 114 valence electrons. The molecule has 0 spiro atoms. The molecule has 1 aliphatic rings. The highest BCUT2D eigenvalue weighted by molar-refractivity contribution is 5.34. The highest BCUT2D eigenvalue weighted by Gasteiger charge is 2.23. The number of rotatable bonds is 7. The number of hydrogen-bond donors (Lipinski definition) is 0. The van der Waals surface area contributed by atoms with Crippen molar-refractivity contribution in [3.63, 3.8) is 0 Å². The summed E-state index contributed by atoms with van der Waals surface area (Å²) in [6.45, 7) is 3.10. The Morgan fingerprint density at radius 1 is 1.10 bits per heavy atom. The lowest BCUT2D eigenvalue weighted by Crippen LogP contribution is -2.20. The summed E-state index contributed by atoms with van der Waals surface area (Å²) in [5.74, 6) is 2.75. The summed E-state index contributed by atoms with van der Waals surface area (Å²) in [5, 5.41) is 8.76. The van der Waals surface area contributed by atoms with Crippen LogP contribution < -0.4 is 4.74 Å². The molecule has 2 rings (SSSR count). The summed E-state index contributed by atoms with van der Waals surface area (Å²) in [5.41, 5.74) is 0.687. The van der Waals surface area contributed by atoms with Crippen LogP contribution in [0.15, 0.2) is 24.3 Å². The molecule has 1 aliphatic carbocycles. The maximum atomic E-state index is 8.76. The third kappa shape index (κ3) is 5.08. The second-order valence-corrected chi connectivity index (χ2v) is 6.22. The van der Waals surface area contributed by atoms with Crippen molar-refractivity contribution >= 4 is 0 Å². The van der Waals surface area contributed by atoms with Crippen LogP contribution in [0.25, 0.3) is 0 Å². The monoisotopic (exact) mass is 285 g/mol.